The Balaban J connectivity index is 1.53. The first-order chi connectivity index (χ1) is 15.4. The topological polar surface area (TPSA) is 91.9 Å². The third-order valence-electron chi connectivity index (χ3n) is 5.72. The van der Waals surface area contributed by atoms with Gasteiger partial charge in [0.2, 0.25) is 0 Å². The largest absolute Gasteiger partial charge is 0.330 e. The van der Waals surface area contributed by atoms with Crippen LogP contribution in [0.1, 0.15) is 24.2 Å². The molecule has 4 aromatic rings. The highest BCUT2D eigenvalue weighted by molar-refractivity contribution is 7.85. The Labute approximate surface area is 187 Å². The van der Waals surface area contributed by atoms with Gasteiger partial charge in [0.05, 0.1) is 35.9 Å². The third kappa shape index (κ3) is 4.05. The molecular weight excluding hydrogens is 426 g/mol. The Morgan fingerprint density at radius 3 is 2.88 bits per heavy atom. The van der Waals surface area contributed by atoms with Crippen LogP contribution in [0.4, 0.5) is 0 Å². The lowest BCUT2D eigenvalue weighted by Crippen LogP contribution is -2.07. The van der Waals surface area contributed by atoms with Gasteiger partial charge in [0, 0.05) is 30.0 Å². The summed E-state index contributed by atoms with van der Waals surface area (Å²) in [6, 6.07) is 12.3. The predicted octanol–water partition coefficient (Wildman–Crippen LogP) is 3.58. The van der Waals surface area contributed by atoms with E-state index in [1.807, 2.05) is 35.8 Å². The van der Waals surface area contributed by atoms with E-state index in [-0.39, 0.29) is 6.61 Å². The van der Waals surface area contributed by atoms with E-state index in [2.05, 4.69) is 21.8 Å². The monoisotopic (exact) mass is 451 g/mol. The molecule has 8 nitrogen and oxygen atoms in total. The van der Waals surface area contributed by atoms with Gasteiger partial charge in [-0.2, -0.15) is 13.5 Å². The van der Waals surface area contributed by atoms with Crippen LogP contribution in [0, 0.1) is 6.92 Å². The van der Waals surface area contributed by atoms with Crippen molar-refractivity contribution in [3.63, 3.8) is 0 Å². The van der Waals surface area contributed by atoms with E-state index in [1.54, 1.807) is 6.33 Å². The number of aryl methyl sites for hydroxylation is 3. The SMILES string of the molecule is Cc1cccc(-c2nn3c(c2-c2ccc4ncn(CCCOS(C)(=O)=O)c4c2)CCC3)n1. The molecule has 4 heterocycles. The molecule has 0 spiro atoms. The maximum Gasteiger partial charge on any atom is 0.264 e. The number of rotatable bonds is 7. The molecule has 0 aliphatic carbocycles. The number of nitrogens with zero attached hydrogens (tertiary/aromatic N) is 5. The lowest BCUT2D eigenvalue weighted by atomic mass is 9.99. The number of pyridine rings is 1. The molecule has 9 heteroatoms. The van der Waals surface area contributed by atoms with E-state index in [4.69, 9.17) is 14.3 Å². The Bertz CT molecular complexity index is 1400. The van der Waals surface area contributed by atoms with Crippen molar-refractivity contribution >= 4 is 21.2 Å². The van der Waals surface area contributed by atoms with E-state index in [1.165, 1.54) is 5.69 Å². The molecule has 1 aliphatic heterocycles. The van der Waals surface area contributed by atoms with E-state index in [0.29, 0.717) is 13.0 Å². The minimum Gasteiger partial charge on any atom is -0.330 e. The van der Waals surface area contributed by atoms with Gasteiger partial charge in [-0.1, -0.05) is 12.1 Å². The summed E-state index contributed by atoms with van der Waals surface area (Å²) in [5.41, 5.74) is 8.13. The molecule has 0 radical (unpaired) electrons. The van der Waals surface area contributed by atoms with Gasteiger partial charge >= 0.3 is 0 Å². The quantitative estimate of drug-likeness (QED) is 0.315. The molecule has 1 aromatic carbocycles. The van der Waals surface area contributed by atoms with Gasteiger partial charge in [-0.15, -0.1) is 0 Å². The highest BCUT2D eigenvalue weighted by atomic mass is 32.2. The summed E-state index contributed by atoms with van der Waals surface area (Å²) < 4.78 is 31.4. The Kier molecular flexibility index (Phi) is 5.30. The molecule has 0 amide bonds. The van der Waals surface area contributed by atoms with Crippen molar-refractivity contribution in [3.05, 3.63) is 54.1 Å². The van der Waals surface area contributed by atoms with E-state index in [9.17, 15) is 8.42 Å². The second-order valence-corrected chi connectivity index (χ2v) is 9.83. The minimum absolute atomic E-state index is 0.151. The summed E-state index contributed by atoms with van der Waals surface area (Å²) in [6.45, 7) is 3.69. The normalized spacial score (nSPS) is 13.7. The van der Waals surface area contributed by atoms with Crippen molar-refractivity contribution in [2.45, 2.75) is 39.3 Å². The first-order valence-electron chi connectivity index (χ1n) is 10.7. The van der Waals surface area contributed by atoms with Crippen LogP contribution in [-0.2, 0) is 33.8 Å². The summed E-state index contributed by atoms with van der Waals surface area (Å²) in [5.74, 6) is 0. The molecule has 0 saturated heterocycles. The molecule has 3 aromatic heterocycles. The molecule has 0 saturated carbocycles. The number of aromatic nitrogens is 5. The van der Waals surface area contributed by atoms with Gasteiger partial charge in [-0.3, -0.25) is 13.8 Å². The van der Waals surface area contributed by atoms with Gasteiger partial charge in [-0.25, -0.2) is 4.98 Å². The van der Waals surface area contributed by atoms with Crippen molar-refractivity contribution in [2.75, 3.05) is 12.9 Å². The second kappa shape index (κ2) is 8.14. The fraction of sp³-hybridized carbons (Fsp3) is 0.348. The number of benzene rings is 1. The summed E-state index contributed by atoms with van der Waals surface area (Å²) in [7, 11) is -3.42. The zero-order chi connectivity index (χ0) is 22.3. The number of hydrogen-bond donors (Lipinski definition) is 0. The van der Waals surface area contributed by atoms with Gasteiger partial charge in [0.15, 0.2) is 0 Å². The maximum atomic E-state index is 11.2. The lowest BCUT2D eigenvalue weighted by molar-refractivity contribution is 0.308. The Hall–Kier alpha value is -3.04. The summed E-state index contributed by atoms with van der Waals surface area (Å²) in [5, 5.41) is 4.91. The molecule has 0 fully saturated rings. The molecule has 0 unspecified atom stereocenters. The molecular formula is C23H25N5O3S. The lowest BCUT2D eigenvalue weighted by Gasteiger charge is -2.08. The smallest absolute Gasteiger partial charge is 0.264 e. The Morgan fingerprint density at radius 1 is 1.19 bits per heavy atom. The van der Waals surface area contributed by atoms with Crippen LogP contribution in [0.5, 0.6) is 0 Å². The molecule has 0 atom stereocenters. The zero-order valence-electron chi connectivity index (χ0n) is 18.2. The highest BCUT2D eigenvalue weighted by Gasteiger charge is 2.25. The van der Waals surface area contributed by atoms with Crippen LogP contribution in [0.2, 0.25) is 0 Å². The van der Waals surface area contributed by atoms with Gasteiger partial charge in [0.1, 0.15) is 5.69 Å². The maximum absolute atomic E-state index is 11.2. The van der Waals surface area contributed by atoms with Gasteiger partial charge in [-0.05, 0) is 56.0 Å². The molecule has 32 heavy (non-hydrogen) atoms. The van der Waals surface area contributed by atoms with Crippen LogP contribution in [0.15, 0.2) is 42.7 Å². The molecule has 0 bridgehead atoms. The number of imidazole rings is 1. The minimum atomic E-state index is -3.42. The zero-order valence-corrected chi connectivity index (χ0v) is 19.0. The third-order valence-corrected chi connectivity index (χ3v) is 6.32. The Morgan fingerprint density at radius 2 is 2.06 bits per heavy atom. The summed E-state index contributed by atoms with van der Waals surface area (Å²) in [4.78, 5) is 9.23. The van der Waals surface area contributed by atoms with Crippen LogP contribution in [0.3, 0.4) is 0 Å². The molecule has 5 rings (SSSR count). The standard InChI is InChI=1S/C23H25N5O3S/c1-16-6-3-7-19(25-16)23-22(20-8-4-12-28(20)26-23)17-9-10-18-21(14-17)27(15-24-18)11-5-13-31-32(2,29)30/h3,6-7,9-10,14-15H,4-5,8,11-13H2,1-2H3. The van der Waals surface area contributed by atoms with E-state index < -0.39 is 10.1 Å². The van der Waals surface area contributed by atoms with Crippen LogP contribution >= 0.6 is 0 Å². The predicted molar refractivity (Wildman–Crippen MR) is 123 cm³/mol. The van der Waals surface area contributed by atoms with E-state index in [0.717, 1.165) is 64.9 Å². The average Bonchev–Trinajstić information content (AvgIpc) is 3.44. The van der Waals surface area contributed by atoms with Crippen molar-refractivity contribution < 1.29 is 12.6 Å². The van der Waals surface area contributed by atoms with Crippen molar-refractivity contribution in [2.24, 2.45) is 0 Å². The number of hydrogen-bond acceptors (Lipinski definition) is 6. The van der Waals surface area contributed by atoms with Gasteiger partial charge in [0.25, 0.3) is 10.1 Å². The van der Waals surface area contributed by atoms with Crippen LogP contribution in [0.25, 0.3) is 33.5 Å². The second-order valence-electron chi connectivity index (χ2n) is 8.18. The molecule has 0 N–H and O–H groups in total. The fourth-order valence-electron chi connectivity index (χ4n) is 4.33. The van der Waals surface area contributed by atoms with Crippen molar-refractivity contribution in [1.82, 2.24) is 24.3 Å². The molecule has 166 valence electrons. The first-order valence-corrected chi connectivity index (χ1v) is 12.5. The highest BCUT2D eigenvalue weighted by Crippen LogP contribution is 2.37. The number of fused-ring (bicyclic) bond motifs is 2. The summed E-state index contributed by atoms with van der Waals surface area (Å²) >= 11 is 0. The van der Waals surface area contributed by atoms with Crippen LogP contribution < -0.4 is 0 Å². The first kappa shape index (κ1) is 20.8. The van der Waals surface area contributed by atoms with Crippen molar-refractivity contribution in [1.29, 1.82) is 0 Å². The van der Waals surface area contributed by atoms with Crippen molar-refractivity contribution in [3.8, 4) is 22.5 Å². The fourth-order valence-corrected chi connectivity index (χ4v) is 4.75. The summed E-state index contributed by atoms with van der Waals surface area (Å²) in [6.07, 6.45) is 5.52. The average molecular weight is 452 g/mol. The molecule has 1 aliphatic rings. The van der Waals surface area contributed by atoms with E-state index >= 15 is 0 Å². The van der Waals surface area contributed by atoms with Gasteiger partial charge < -0.3 is 4.57 Å². The van der Waals surface area contributed by atoms with Crippen LogP contribution in [-0.4, -0.2) is 45.6 Å².